The molecule has 0 atom stereocenters. The van der Waals surface area contributed by atoms with Gasteiger partial charge in [-0.3, -0.25) is 14.8 Å². The summed E-state index contributed by atoms with van der Waals surface area (Å²) < 4.78 is 6.94. The van der Waals surface area contributed by atoms with E-state index in [1.54, 1.807) is 9.58 Å². The predicted molar refractivity (Wildman–Crippen MR) is 85.4 cm³/mol. The molecule has 0 bridgehead atoms. The topological polar surface area (TPSA) is 90.5 Å². The van der Waals surface area contributed by atoms with E-state index < -0.39 is 4.92 Å². The number of likely N-dealkylation sites (tertiary alicyclic amines) is 1. The molecule has 2 heterocycles. The normalized spacial score (nSPS) is 15.2. The summed E-state index contributed by atoms with van der Waals surface area (Å²) in [6.45, 7) is 1.35. The highest BCUT2D eigenvalue weighted by Crippen LogP contribution is 2.24. The first-order valence-corrected chi connectivity index (χ1v) is 7.77. The molecule has 1 fully saturated rings. The molecule has 0 aliphatic carbocycles. The fourth-order valence-corrected chi connectivity index (χ4v) is 2.75. The van der Waals surface area contributed by atoms with Gasteiger partial charge in [0.1, 0.15) is 19.0 Å². The van der Waals surface area contributed by atoms with Crippen LogP contribution in [0.3, 0.4) is 0 Å². The van der Waals surface area contributed by atoms with Gasteiger partial charge in [-0.15, -0.1) is 0 Å². The molecule has 8 nitrogen and oxygen atoms in total. The van der Waals surface area contributed by atoms with Gasteiger partial charge in [0.05, 0.1) is 11.0 Å². The Morgan fingerprint density at radius 2 is 2.00 bits per heavy atom. The van der Waals surface area contributed by atoms with Crippen LogP contribution in [-0.2, 0) is 11.3 Å². The maximum Gasteiger partial charge on any atom is 0.410 e. The van der Waals surface area contributed by atoms with Crippen molar-refractivity contribution in [3.63, 3.8) is 0 Å². The van der Waals surface area contributed by atoms with Crippen molar-refractivity contribution in [3.8, 4) is 0 Å². The largest absolute Gasteiger partial charge is 0.445 e. The number of rotatable bonds is 4. The number of nitro groups is 1. The lowest BCUT2D eigenvalue weighted by molar-refractivity contribution is -0.385. The summed E-state index contributed by atoms with van der Waals surface area (Å²) in [6.07, 6.45) is 3.75. The minimum absolute atomic E-state index is 0.0142. The second-order valence-electron chi connectivity index (χ2n) is 5.69. The Labute approximate surface area is 138 Å². The van der Waals surface area contributed by atoms with E-state index in [1.807, 2.05) is 30.3 Å². The number of aromatic nitrogens is 2. The van der Waals surface area contributed by atoms with Gasteiger partial charge < -0.3 is 9.64 Å². The monoisotopic (exact) mass is 330 g/mol. The lowest BCUT2D eigenvalue weighted by Crippen LogP contribution is -2.39. The van der Waals surface area contributed by atoms with Gasteiger partial charge in [-0.2, -0.15) is 5.10 Å². The SMILES string of the molecule is O=C(OCc1ccccc1)N1CCC(n2cc([N+](=O)[O-])cn2)CC1. The zero-order valence-electron chi connectivity index (χ0n) is 13.1. The molecule has 1 aliphatic rings. The third kappa shape index (κ3) is 3.70. The highest BCUT2D eigenvalue weighted by Gasteiger charge is 2.26. The molecule has 24 heavy (non-hydrogen) atoms. The van der Waals surface area contributed by atoms with Gasteiger partial charge in [-0.25, -0.2) is 4.79 Å². The zero-order valence-corrected chi connectivity index (χ0v) is 13.1. The molecular weight excluding hydrogens is 312 g/mol. The molecule has 1 aromatic carbocycles. The summed E-state index contributed by atoms with van der Waals surface area (Å²) in [5.74, 6) is 0. The fraction of sp³-hybridized carbons (Fsp3) is 0.375. The van der Waals surface area contributed by atoms with Crippen molar-refractivity contribution in [2.45, 2.75) is 25.5 Å². The van der Waals surface area contributed by atoms with Crippen LogP contribution < -0.4 is 0 Å². The van der Waals surface area contributed by atoms with E-state index in [2.05, 4.69) is 5.10 Å². The number of carbonyl (C=O) groups excluding carboxylic acids is 1. The summed E-state index contributed by atoms with van der Waals surface area (Å²) in [4.78, 5) is 24.0. The first-order chi connectivity index (χ1) is 11.6. The third-order valence-corrected chi connectivity index (χ3v) is 4.10. The summed E-state index contributed by atoms with van der Waals surface area (Å²) in [6, 6.07) is 9.59. The molecule has 2 aromatic rings. The van der Waals surface area contributed by atoms with Crippen LogP contribution in [0.5, 0.6) is 0 Å². The maximum atomic E-state index is 12.1. The Kier molecular flexibility index (Phi) is 4.74. The minimum atomic E-state index is -0.459. The molecule has 0 spiro atoms. The summed E-state index contributed by atoms with van der Waals surface area (Å²) >= 11 is 0. The number of hydrogen-bond donors (Lipinski definition) is 0. The number of piperidine rings is 1. The van der Waals surface area contributed by atoms with Gasteiger partial charge in [0, 0.05) is 13.1 Å². The molecule has 0 radical (unpaired) electrons. The van der Waals surface area contributed by atoms with Crippen LogP contribution in [-0.4, -0.2) is 38.8 Å². The Bertz CT molecular complexity index is 708. The molecule has 8 heteroatoms. The average molecular weight is 330 g/mol. The lowest BCUT2D eigenvalue weighted by atomic mass is 10.1. The van der Waals surface area contributed by atoms with Crippen LogP contribution in [0, 0.1) is 10.1 Å². The van der Waals surface area contributed by atoms with Crippen LogP contribution in [0.25, 0.3) is 0 Å². The van der Waals surface area contributed by atoms with Gasteiger partial charge in [-0.1, -0.05) is 30.3 Å². The molecule has 126 valence electrons. The van der Waals surface area contributed by atoms with Gasteiger partial charge in [0.15, 0.2) is 0 Å². The molecule has 0 N–H and O–H groups in total. The molecule has 0 saturated carbocycles. The third-order valence-electron chi connectivity index (χ3n) is 4.10. The van der Waals surface area contributed by atoms with E-state index in [-0.39, 0.29) is 24.4 Å². The molecule has 1 aliphatic heterocycles. The van der Waals surface area contributed by atoms with Crippen LogP contribution in [0.2, 0.25) is 0 Å². The van der Waals surface area contributed by atoms with Crippen molar-refractivity contribution in [1.82, 2.24) is 14.7 Å². The van der Waals surface area contributed by atoms with Crippen LogP contribution in [0.15, 0.2) is 42.7 Å². The van der Waals surface area contributed by atoms with Crippen LogP contribution in [0.1, 0.15) is 24.4 Å². The van der Waals surface area contributed by atoms with Gasteiger partial charge >= 0.3 is 11.8 Å². The quantitative estimate of drug-likeness (QED) is 0.635. The molecule has 3 rings (SSSR count). The van der Waals surface area contributed by atoms with Gasteiger partial charge in [0.2, 0.25) is 0 Å². The molecule has 1 saturated heterocycles. The van der Waals surface area contributed by atoms with Crippen LogP contribution >= 0.6 is 0 Å². The zero-order chi connectivity index (χ0) is 16.9. The van der Waals surface area contributed by atoms with Crippen molar-refractivity contribution >= 4 is 11.8 Å². The van der Waals surface area contributed by atoms with E-state index >= 15 is 0 Å². The Morgan fingerprint density at radius 3 is 2.62 bits per heavy atom. The summed E-state index contributed by atoms with van der Waals surface area (Å²) in [5, 5.41) is 14.8. The van der Waals surface area contributed by atoms with Crippen molar-refractivity contribution in [3.05, 3.63) is 58.4 Å². The molecule has 0 unspecified atom stereocenters. The van der Waals surface area contributed by atoms with Crippen LogP contribution in [0.4, 0.5) is 10.5 Å². The number of nitrogens with zero attached hydrogens (tertiary/aromatic N) is 4. The fourth-order valence-electron chi connectivity index (χ4n) is 2.75. The Hall–Kier alpha value is -2.90. The number of hydrogen-bond acceptors (Lipinski definition) is 5. The summed E-state index contributed by atoms with van der Waals surface area (Å²) in [5.41, 5.74) is 0.935. The first kappa shape index (κ1) is 16.0. The first-order valence-electron chi connectivity index (χ1n) is 7.77. The second-order valence-corrected chi connectivity index (χ2v) is 5.69. The standard InChI is InChI=1S/C16H18N4O4/c21-16(24-12-13-4-2-1-3-5-13)18-8-6-14(7-9-18)19-11-15(10-17-19)20(22)23/h1-5,10-11,14H,6-9,12H2. The van der Waals surface area contributed by atoms with E-state index in [0.29, 0.717) is 25.9 Å². The van der Waals surface area contributed by atoms with Gasteiger partial charge in [0.25, 0.3) is 0 Å². The molecule has 1 aromatic heterocycles. The summed E-state index contributed by atoms with van der Waals surface area (Å²) in [7, 11) is 0. The van der Waals surface area contributed by atoms with Gasteiger partial charge in [-0.05, 0) is 18.4 Å². The number of carbonyl (C=O) groups is 1. The predicted octanol–water partition coefficient (Wildman–Crippen LogP) is 2.77. The van der Waals surface area contributed by atoms with E-state index in [4.69, 9.17) is 4.74 Å². The van der Waals surface area contributed by atoms with E-state index in [1.165, 1.54) is 12.4 Å². The van der Waals surface area contributed by atoms with E-state index in [9.17, 15) is 14.9 Å². The van der Waals surface area contributed by atoms with Crippen molar-refractivity contribution in [2.75, 3.05) is 13.1 Å². The second kappa shape index (κ2) is 7.12. The Morgan fingerprint density at radius 1 is 1.29 bits per heavy atom. The van der Waals surface area contributed by atoms with E-state index in [0.717, 1.165) is 5.56 Å². The average Bonchev–Trinajstić information content (AvgIpc) is 3.11. The van der Waals surface area contributed by atoms with Crippen molar-refractivity contribution in [2.24, 2.45) is 0 Å². The molecular formula is C16H18N4O4. The van der Waals surface area contributed by atoms with Crippen molar-refractivity contribution in [1.29, 1.82) is 0 Å². The minimum Gasteiger partial charge on any atom is -0.445 e. The highest BCUT2D eigenvalue weighted by atomic mass is 16.6. The number of amides is 1. The number of benzene rings is 1. The van der Waals surface area contributed by atoms with Crippen molar-refractivity contribution < 1.29 is 14.5 Å². The smallest absolute Gasteiger partial charge is 0.410 e. The lowest BCUT2D eigenvalue weighted by Gasteiger charge is -2.31. The molecule has 1 amide bonds. The maximum absolute atomic E-state index is 12.1. The highest BCUT2D eigenvalue weighted by molar-refractivity contribution is 5.67. The number of ether oxygens (including phenoxy) is 1. The Balaban J connectivity index is 1.49.